The second-order valence-corrected chi connectivity index (χ2v) is 9.63. The van der Waals surface area contributed by atoms with E-state index >= 15 is 0 Å². The van der Waals surface area contributed by atoms with Crippen molar-refractivity contribution in [3.63, 3.8) is 0 Å². The van der Waals surface area contributed by atoms with Crippen LogP contribution in [0.3, 0.4) is 0 Å². The maximum Gasteiger partial charge on any atom is 0.259 e. The van der Waals surface area contributed by atoms with Crippen LogP contribution >= 0.6 is 27.5 Å². The lowest BCUT2D eigenvalue weighted by atomic mass is 10.1. The number of benzene rings is 2. The second kappa shape index (κ2) is 11.5. The van der Waals surface area contributed by atoms with Crippen molar-refractivity contribution >= 4 is 56.7 Å². The first-order valence-corrected chi connectivity index (χ1v) is 12.6. The van der Waals surface area contributed by atoms with Crippen molar-refractivity contribution in [2.45, 2.75) is 19.3 Å². The van der Waals surface area contributed by atoms with Crippen LogP contribution < -0.4 is 15.4 Å². The molecule has 3 aromatic rings. The number of hydrogen-bond acceptors (Lipinski definition) is 5. The Kier molecular flexibility index (Phi) is 8.22. The highest BCUT2D eigenvalue weighted by Gasteiger charge is 2.21. The average Bonchev–Trinajstić information content (AvgIpc) is 2.90. The lowest BCUT2D eigenvalue weighted by molar-refractivity contribution is 0.102. The summed E-state index contributed by atoms with van der Waals surface area (Å²) in [4.78, 5) is 32.4. The summed E-state index contributed by atoms with van der Waals surface area (Å²) in [5.41, 5.74) is 1.44. The molecule has 36 heavy (non-hydrogen) atoms. The molecule has 8 nitrogen and oxygen atoms in total. The third-order valence-electron chi connectivity index (χ3n) is 5.83. The molecule has 186 valence electrons. The highest BCUT2D eigenvalue weighted by Crippen LogP contribution is 2.33. The summed E-state index contributed by atoms with van der Waals surface area (Å²) in [7, 11) is 1.43. The smallest absolute Gasteiger partial charge is 0.259 e. The van der Waals surface area contributed by atoms with Gasteiger partial charge in [-0.2, -0.15) is 0 Å². The molecule has 4 rings (SSSR count). The highest BCUT2D eigenvalue weighted by atomic mass is 79.9. The number of likely N-dealkylation sites (tertiary alicyclic amines) is 1. The number of ether oxygens (including phenoxy) is 1. The van der Waals surface area contributed by atoms with E-state index < -0.39 is 11.8 Å². The number of amidine groups is 1. The van der Waals surface area contributed by atoms with Crippen molar-refractivity contribution in [3.05, 3.63) is 80.9 Å². The van der Waals surface area contributed by atoms with Gasteiger partial charge in [0.05, 0.1) is 18.4 Å². The van der Waals surface area contributed by atoms with Gasteiger partial charge >= 0.3 is 0 Å². The van der Waals surface area contributed by atoms with E-state index in [4.69, 9.17) is 21.7 Å². The van der Waals surface area contributed by atoms with Gasteiger partial charge in [0.2, 0.25) is 0 Å². The molecule has 0 spiro atoms. The summed E-state index contributed by atoms with van der Waals surface area (Å²) in [5, 5.41) is 14.2. The first-order valence-electron chi connectivity index (χ1n) is 11.4. The first kappa shape index (κ1) is 25.7. The summed E-state index contributed by atoms with van der Waals surface area (Å²) in [6, 6.07) is 13.2. The van der Waals surface area contributed by atoms with E-state index in [0.29, 0.717) is 17.2 Å². The Morgan fingerprint density at radius 2 is 1.69 bits per heavy atom. The van der Waals surface area contributed by atoms with Crippen molar-refractivity contribution in [3.8, 4) is 5.75 Å². The van der Waals surface area contributed by atoms with Crippen LogP contribution in [0.1, 0.15) is 45.5 Å². The molecule has 1 saturated heterocycles. The lowest BCUT2D eigenvalue weighted by Gasteiger charge is -2.29. The number of methoxy groups -OCH3 is 1. The zero-order chi connectivity index (χ0) is 25.7. The maximum absolute atomic E-state index is 13.1. The minimum Gasteiger partial charge on any atom is -0.494 e. The number of nitrogens with one attached hydrogen (secondary N) is 3. The quantitative estimate of drug-likeness (QED) is 0.256. The van der Waals surface area contributed by atoms with Crippen LogP contribution in [0.4, 0.5) is 11.5 Å². The molecule has 2 heterocycles. The van der Waals surface area contributed by atoms with E-state index in [1.54, 1.807) is 42.6 Å². The molecule has 0 atom stereocenters. The minimum absolute atomic E-state index is 0.126. The summed E-state index contributed by atoms with van der Waals surface area (Å²) < 4.78 is 6.18. The monoisotopic (exact) mass is 569 g/mol. The first-order chi connectivity index (χ1) is 17.4. The normalized spacial score (nSPS) is 13.1. The van der Waals surface area contributed by atoms with Gasteiger partial charge in [0.25, 0.3) is 11.8 Å². The maximum atomic E-state index is 13.1. The van der Waals surface area contributed by atoms with Crippen LogP contribution in [-0.2, 0) is 0 Å². The molecule has 1 fully saturated rings. The van der Waals surface area contributed by atoms with E-state index in [9.17, 15) is 9.59 Å². The van der Waals surface area contributed by atoms with Crippen LogP contribution in [0, 0.1) is 5.41 Å². The van der Waals surface area contributed by atoms with E-state index in [0.717, 1.165) is 36.0 Å². The van der Waals surface area contributed by atoms with E-state index in [-0.39, 0.29) is 22.0 Å². The number of pyridine rings is 1. The number of aromatic nitrogens is 1. The summed E-state index contributed by atoms with van der Waals surface area (Å²) in [5.74, 6) is 0.106. The molecule has 1 aliphatic rings. The molecule has 0 unspecified atom stereocenters. The topological polar surface area (TPSA) is 107 Å². The van der Waals surface area contributed by atoms with Crippen molar-refractivity contribution in [1.82, 2.24) is 9.88 Å². The van der Waals surface area contributed by atoms with Crippen LogP contribution in [0.2, 0.25) is 5.02 Å². The van der Waals surface area contributed by atoms with Gasteiger partial charge in [-0.05, 0) is 65.5 Å². The molecule has 3 N–H and O–H groups in total. The number of anilines is 2. The minimum atomic E-state index is -0.508. The van der Waals surface area contributed by atoms with Gasteiger partial charge in [-0.15, -0.1) is 0 Å². The Labute approximate surface area is 222 Å². The van der Waals surface area contributed by atoms with Gasteiger partial charge in [0, 0.05) is 46.0 Å². The molecule has 0 saturated carbocycles. The number of rotatable bonds is 6. The van der Waals surface area contributed by atoms with Crippen LogP contribution in [-0.4, -0.2) is 47.7 Å². The number of nitrogens with zero attached hydrogens (tertiary/aromatic N) is 2. The van der Waals surface area contributed by atoms with Gasteiger partial charge in [0.15, 0.2) is 0 Å². The molecular weight excluding hydrogens is 546 g/mol. The molecule has 0 radical (unpaired) electrons. The van der Waals surface area contributed by atoms with E-state index in [2.05, 4.69) is 36.4 Å². The van der Waals surface area contributed by atoms with Crippen molar-refractivity contribution < 1.29 is 14.3 Å². The summed E-state index contributed by atoms with van der Waals surface area (Å²) in [6.45, 7) is 1.75. The molecule has 10 heteroatoms. The standard InChI is InChI=1S/C26H25BrClN5O3/c1-36-21-14-19(28)13-20(26(35)31-22-10-9-18(27)15-30-22)23(21)32-25(34)17-7-5-16(6-8-17)24(29)33-11-3-2-4-12-33/h5-10,13-15,29H,2-4,11-12H2,1H3,(H,32,34)(H,30,31,35). The largest absolute Gasteiger partial charge is 0.494 e. The molecular formula is C26H25BrClN5O3. The third-order valence-corrected chi connectivity index (χ3v) is 6.52. The molecule has 2 amide bonds. The lowest BCUT2D eigenvalue weighted by Crippen LogP contribution is -2.35. The summed E-state index contributed by atoms with van der Waals surface area (Å²) in [6.07, 6.45) is 4.92. The highest BCUT2D eigenvalue weighted by molar-refractivity contribution is 9.10. The fourth-order valence-corrected chi connectivity index (χ4v) is 4.39. The van der Waals surface area contributed by atoms with Crippen molar-refractivity contribution in [2.24, 2.45) is 0 Å². The van der Waals surface area contributed by atoms with Gasteiger partial charge in [-0.1, -0.05) is 23.7 Å². The van der Waals surface area contributed by atoms with Gasteiger partial charge in [-0.3, -0.25) is 15.0 Å². The van der Waals surface area contributed by atoms with Crippen LogP contribution in [0.5, 0.6) is 5.75 Å². The predicted molar refractivity (Wildman–Crippen MR) is 145 cm³/mol. The molecule has 0 aliphatic carbocycles. The predicted octanol–water partition coefficient (Wildman–Crippen LogP) is 5.82. The van der Waals surface area contributed by atoms with Crippen LogP contribution in [0.25, 0.3) is 0 Å². The number of amides is 2. The van der Waals surface area contributed by atoms with Gasteiger partial charge < -0.3 is 20.3 Å². The zero-order valence-electron chi connectivity index (χ0n) is 19.6. The van der Waals surface area contributed by atoms with Crippen molar-refractivity contribution in [2.75, 3.05) is 30.8 Å². The van der Waals surface area contributed by atoms with Crippen molar-refractivity contribution in [1.29, 1.82) is 5.41 Å². The van der Waals surface area contributed by atoms with Crippen LogP contribution in [0.15, 0.2) is 59.2 Å². The molecule has 2 aromatic carbocycles. The number of halogens is 2. The van der Waals surface area contributed by atoms with Gasteiger partial charge in [0.1, 0.15) is 17.4 Å². The second-order valence-electron chi connectivity index (χ2n) is 8.27. The molecule has 0 bridgehead atoms. The fourth-order valence-electron chi connectivity index (χ4n) is 3.95. The Morgan fingerprint density at radius 1 is 1.00 bits per heavy atom. The summed E-state index contributed by atoms with van der Waals surface area (Å²) >= 11 is 9.52. The number of carbonyl (C=O) groups excluding carboxylic acids is 2. The molecule has 1 aromatic heterocycles. The zero-order valence-corrected chi connectivity index (χ0v) is 21.9. The van der Waals surface area contributed by atoms with Gasteiger partial charge in [-0.25, -0.2) is 4.98 Å². The van der Waals surface area contributed by atoms with E-state index in [1.165, 1.54) is 25.7 Å². The number of piperidine rings is 1. The van der Waals surface area contributed by atoms with E-state index in [1.807, 2.05) is 0 Å². The SMILES string of the molecule is COc1cc(Cl)cc(C(=O)Nc2ccc(Br)cn2)c1NC(=O)c1ccc(C(=N)N2CCCCC2)cc1. The molecule has 1 aliphatic heterocycles. The Morgan fingerprint density at radius 3 is 2.33 bits per heavy atom. The Bertz CT molecular complexity index is 1280. The number of carbonyl (C=O) groups is 2. The Hall–Kier alpha value is -3.43. The average molecular weight is 571 g/mol. The number of hydrogen-bond donors (Lipinski definition) is 3. The Balaban J connectivity index is 1.55. The fraction of sp³-hybridized carbons (Fsp3) is 0.231. The third kappa shape index (κ3) is 6.03.